The van der Waals surface area contributed by atoms with E-state index in [1.54, 1.807) is 24.5 Å². The van der Waals surface area contributed by atoms with Crippen LogP contribution in [0.3, 0.4) is 0 Å². The Kier molecular flexibility index (Phi) is 2.92. The molecule has 12 atom stereocenters. The van der Waals surface area contributed by atoms with Crippen molar-refractivity contribution in [3.05, 3.63) is 42.2 Å². The number of esters is 1. The van der Waals surface area contributed by atoms with Gasteiger partial charge in [0.05, 0.1) is 11.7 Å². The maximum Gasteiger partial charge on any atom is 0.340 e. The fourth-order valence-electron chi connectivity index (χ4n) is 11.3. The summed E-state index contributed by atoms with van der Waals surface area (Å²) in [6.07, 6.45) is 8.61. The van der Waals surface area contributed by atoms with Gasteiger partial charge in [0.2, 0.25) is 0 Å². The van der Waals surface area contributed by atoms with Crippen LogP contribution in [0, 0.1) is 39.9 Å². The van der Waals surface area contributed by atoms with Crippen molar-refractivity contribution >= 4 is 5.97 Å². The van der Waals surface area contributed by atoms with Gasteiger partial charge in [0.15, 0.2) is 0 Å². The van der Waals surface area contributed by atoms with Gasteiger partial charge < -0.3 is 9.84 Å². The molecule has 6 saturated carbocycles. The molecule has 2 unspecified atom stereocenters. The van der Waals surface area contributed by atoms with Crippen molar-refractivity contribution in [3.8, 4) is 0 Å². The zero-order valence-corrected chi connectivity index (χ0v) is 18.0. The van der Waals surface area contributed by atoms with Gasteiger partial charge in [-0.1, -0.05) is 19.9 Å². The van der Waals surface area contributed by atoms with Crippen molar-refractivity contribution in [3.63, 3.8) is 0 Å². The van der Waals surface area contributed by atoms with Crippen molar-refractivity contribution in [2.75, 3.05) is 6.54 Å². The molecule has 5 nitrogen and oxygen atoms in total. The van der Waals surface area contributed by atoms with Crippen LogP contribution in [0.1, 0.15) is 49.4 Å². The summed E-state index contributed by atoms with van der Waals surface area (Å²) in [6, 6.07) is 4.76. The van der Waals surface area contributed by atoms with Gasteiger partial charge in [0.1, 0.15) is 6.10 Å². The normalized spacial score (nSPS) is 58.8. The second kappa shape index (κ2) is 5.09. The van der Waals surface area contributed by atoms with Crippen LogP contribution in [0.15, 0.2) is 36.7 Å². The van der Waals surface area contributed by atoms with Gasteiger partial charge in [0, 0.05) is 48.3 Å². The Hall–Kier alpha value is -1.72. The summed E-state index contributed by atoms with van der Waals surface area (Å²) >= 11 is 0. The lowest BCUT2D eigenvalue weighted by Crippen LogP contribution is -2.69. The molecule has 3 saturated heterocycles. The van der Waals surface area contributed by atoms with E-state index in [2.05, 4.69) is 23.4 Å². The number of piperidine rings is 2. The average molecular weight is 419 g/mol. The summed E-state index contributed by atoms with van der Waals surface area (Å²) in [5, 5.41) is 11.6. The Morgan fingerprint density at radius 2 is 2.19 bits per heavy atom. The first-order chi connectivity index (χ1) is 14.9. The minimum Gasteiger partial charge on any atom is -0.458 e. The van der Waals surface area contributed by atoms with E-state index in [0.717, 1.165) is 18.4 Å². The van der Waals surface area contributed by atoms with E-state index in [-0.39, 0.29) is 34.7 Å². The van der Waals surface area contributed by atoms with Crippen molar-refractivity contribution < 1.29 is 14.6 Å². The minimum absolute atomic E-state index is 0.0813. The second-order valence-electron chi connectivity index (χ2n) is 12.1. The van der Waals surface area contributed by atoms with E-state index in [1.165, 1.54) is 25.8 Å². The molecule has 4 heterocycles. The smallest absolute Gasteiger partial charge is 0.340 e. The molecule has 0 radical (unpaired) electrons. The van der Waals surface area contributed by atoms with Crippen LogP contribution in [0.4, 0.5) is 0 Å². The van der Waals surface area contributed by atoms with Gasteiger partial charge >= 0.3 is 5.97 Å². The first-order valence-corrected chi connectivity index (χ1v) is 12.2. The highest BCUT2D eigenvalue weighted by atomic mass is 16.5. The Morgan fingerprint density at radius 1 is 1.32 bits per heavy atom. The standard InChI is InChI=1S/C26H30N2O3/c1-13-15-9-16-21-25-7-4-6-24(2)12-28(21)17(19(24)25)10-26(16,22(13)29)20(25)18(15)31-23(30)14-5-3-8-27-11-14/h3,5,8,11,15-22,29H,1,4,6-7,9-10,12H2,2H3/t15-,16-,17+,18+,19-,20+,21?,22-,24+,25+,26-/m1/s1. The van der Waals surface area contributed by atoms with Crippen LogP contribution in [0.25, 0.3) is 0 Å². The number of rotatable bonds is 2. The summed E-state index contributed by atoms with van der Waals surface area (Å²) in [5.41, 5.74) is 1.90. The first-order valence-electron chi connectivity index (χ1n) is 12.2. The number of aromatic nitrogens is 1. The Balaban J connectivity index is 1.30. The zero-order valence-electron chi connectivity index (χ0n) is 18.0. The average Bonchev–Trinajstić information content (AvgIpc) is 3.19. The van der Waals surface area contributed by atoms with Gasteiger partial charge in [-0.25, -0.2) is 4.79 Å². The molecule has 10 rings (SSSR count). The van der Waals surface area contributed by atoms with Crippen LogP contribution in [0.2, 0.25) is 0 Å². The monoisotopic (exact) mass is 418 g/mol. The second-order valence-corrected chi connectivity index (χ2v) is 12.1. The van der Waals surface area contributed by atoms with Crippen molar-refractivity contribution in [2.45, 2.75) is 63.3 Å². The van der Waals surface area contributed by atoms with E-state index in [0.29, 0.717) is 34.9 Å². The first kappa shape index (κ1) is 17.8. The predicted molar refractivity (Wildman–Crippen MR) is 113 cm³/mol. The SMILES string of the molecule is C=C1[C@H]2C[C@@H]3C4N5C[C@]6(C)CCC[C@@]47[C@@H]6[C@@H]5C[C@]3([C@@H]1O)[C@H]7[C@H]2OC(=O)c1cccnc1. The van der Waals surface area contributed by atoms with Crippen molar-refractivity contribution in [1.29, 1.82) is 0 Å². The number of pyridine rings is 1. The number of fused-ring (bicyclic) bond motifs is 1. The topological polar surface area (TPSA) is 62.7 Å². The van der Waals surface area contributed by atoms with E-state index in [4.69, 9.17) is 4.74 Å². The van der Waals surface area contributed by atoms with E-state index in [9.17, 15) is 9.90 Å². The lowest BCUT2D eigenvalue weighted by atomic mass is 9.39. The van der Waals surface area contributed by atoms with Gasteiger partial charge in [-0.3, -0.25) is 9.88 Å². The fourth-order valence-corrected chi connectivity index (χ4v) is 11.3. The molecule has 162 valence electrons. The summed E-state index contributed by atoms with van der Waals surface area (Å²) in [5.74, 6) is 1.30. The summed E-state index contributed by atoms with van der Waals surface area (Å²) < 4.78 is 6.42. The van der Waals surface area contributed by atoms with Crippen LogP contribution in [-0.2, 0) is 4.74 Å². The van der Waals surface area contributed by atoms with Crippen molar-refractivity contribution in [1.82, 2.24) is 9.88 Å². The van der Waals surface area contributed by atoms with Gasteiger partial charge in [-0.2, -0.15) is 0 Å². The molecular formula is C26H30N2O3. The number of carbonyl (C=O) groups is 1. The highest BCUT2D eigenvalue weighted by molar-refractivity contribution is 5.89. The Labute approximate surface area is 182 Å². The highest BCUT2D eigenvalue weighted by Gasteiger charge is 2.90. The molecule has 3 aliphatic heterocycles. The van der Waals surface area contributed by atoms with Gasteiger partial charge in [-0.05, 0) is 66.1 Å². The van der Waals surface area contributed by atoms with E-state index in [1.807, 2.05) is 0 Å². The number of aliphatic hydroxyl groups is 1. The maximum absolute atomic E-state index is 13.2. The number of hydrogen-bond donors (Lipinski definition) is 1. The largest absolute Gasteiger partial charge is 0.458 e. The third-order valence-corrected chi connectivity index (χ3v) is 11.5. The van der Waals surface area contributed by atoms with Crippen LogP contribution < -0.4 is 0 Å². The quantitative estimate of drug-likeness (QED) is 0.591. The molecule has 2 spiro atoms. The van der Waals surface area contributed by atoms with Crippen LogP contribution in [0.5, 0.6) is 0 Å². The summed E-state index contributed by atoms with van der Waals surface area (Å²) in [4.78, 5) is 20.2. The Bertz CT molecular complexity index is 1040. The molecular weight excluding hydrogens is 388 g/mol. The zero-order chi connectivity index (χ0) is 20.9. The molecule has 0 amide bonds. The predicted octanol–water partition coefficient (Wildman–Crippen LogP) is 3.05. The molecule has 31 heavy (non-hydrogen) atoms. The molecule has 1 N–H and O–H groups in total. The molecule has 0 aromatic carbocycles. The maximum atomic E-state index is 13.2. The van der Waals surface area contributed by atoms with Gasteiger partial charge in [-0.15, -0.1) is 0 Å². The molecule has 1 aromatic rings. The molecule has 9 fully saturated rings. The number of ether oxygens (including phenoxy) is 1. The fraction of sp³-hybridized carbons (Fsp3) is 0.692. The third-order valence-electron chi connectivity index (χ3n) is 11.5. The number of aliphatic hydroxyl groups excluding tert-OH is 1. The lowest BCUT2D eigenvalue weighted by molar-refractivity contribution is -0.213. The number of nitrogens with zero attached hydrogens (tertiary/aromatic N) is 2. The number of carbonyl (C=O) groups excluding carboxylic acids is 1. The molecule has 1 aromatic heterocycles. The van der Waals surface area contributed by atoms with Gasteiger partial charge in [0.25, 0.3) is 0 Å². The molecule has 5 heteroatoms. The van der Waals surface area contributed by atoms with E-state index >= 15 is 0 Å². The molecule has 9 bridgehead atoms. The highest BCUT2D eigenvalue weighted by Crippen LogP contribution is 2.87. The number of hydrogen-bond acceptors (Lipinski definition) is 5. The van der Waals surface area contributed by atoms with E-state index < -0.39 is 6.10 Å². The lowest BCUT2D eigenvalue weighted by Gasteiger charge is -2.66. The van der Waals surface area contributed by atoms with Crippen molar-refractivity contribution in [2.24, 2.45) is 39.9 Å². The summed E-state index contributed by atoms with van der Waals surface area (Å²) in [6.45, 7) is 8.12. The molecule has 6 aliphatic carbocycles. The van der Waals surface area contributed by atoms with Crippen LogP contribution >= 0.6 is 0 Å². The van der Waals surface area contributed by atoms with Crippen LogP contribution in [-0.4, -0.2) is 51.8 Å². The Morgan fingerprint density at radius 3 is 3.00 bits per heavy atom. The summed E-state index contributed by atoms with van der Waals surface area (Å²) in [7, 11) is 0. The minimum atomic E-state index is -0.437. The molecule has 9 aliphatic rings. The third kappa shape index (κ3) is 1.61.